The van der Waals surface area contributed by atoms with Crippen molar-refractivity contribution in [2.75, 3.05) is 0 Å². The minimum Gasteiger partial charge on any atom is -0.480 e. The van der Waals surface area contributed by atoms with Gasteiger partial charge >= 0.3 is 5.97 Å². The van der Waals surface area contributed by atoms with Crippen molar-refractivity contribution in [2.45, 2.75) is 26.3 Å². The fourth-order valence-electron chi connectivity index (χ4n) is 1.09. The maximum atomic E-state index is 10.6. The predicted molar refractivity (Wildman–Crippen MR) is 44.0 cm³/mol. The molecular formula is C8H12N2O2. The average molecular weight is 168 g/mol. The van der Waals surface area contributed by atoms with Crippen LogP contribution in [0.15, 0.2) is 12.4 Å². The van der Waals surface area contributed by atoms with Crippen LogP contribution in [0.1, 0.15) is 25.7 Å². The van der Waals surface area contributed by atoms with E-state index in [2.05, 4.69) is 4.98 Å². The van der Waals surface area contributed by atoms with Crippen LogP contribution in [-0.4, -0.2) is 20.6 Å². The first-order valence-corrected chi connectivity index (χ1v) is 3.91. The molecule has 1 rings (SSSR count). The molecule has 0 saturated heterocycles. The van der Waals surface area contributed by atoms with Gasteiger partial charge in [0.15, 0.2) is 0 Å². The number of aryl methyl sites for hydroxylation is 1. The summed E-state index contributed by atoms with van der Waals surface area (Å²) in [5.41, 5.74) is 0. The lowest BCUT2D eigenvalue weighted by atomic mass is 10.3. The van der Waals surface area contributed by atoms with Crippen LogP contribution in [0, 0.1) is 0 Å². The highest BCUT2D eigenvalue weighted by molar-refractivity contribution is 5.71. The summed E-state index contributed by atoms with van der Waals surface area (Å²) in [7, 11) is 0. The number of hydrogen-bond acceptors (Lipinski definition) is 2. The Hall–Kier alpha value is -1.32. The first kappa shape index (κ1) is 8.77. The molecular weight excluding hydrogens is 156 g/mol. The lowest BCUT2D eigenvalue weighted by molar-refractivity contribution is -0.140. The number of rotatable bonds is 3. The zero-order chi connectivity index (χ0) is 9.14. The highest BCUT2D eigenvalue weighted by Gasteiger charge is 2.14. The number of carbonyl (C=O) groups is 1. The lowest BCUT2D eigenvalue weighted by Gasteiger charge is -2.10. The van der Waals surface area contributed by atoms with Gasteiger partial charge in [-0.15, -0.1) is 0 Å². The van der Waals surface area contributed by atoms with E-state index < -0.39 is 12.0 Å². The first-order valence-electron chi connectivity index (χ1n) is 3.91. The Balaban J connectivity index is 2.93. The fraction of sp³-hybridized carbons (Fsp3) is 0.500. The Bertz CT molecular complexity index is 280. The molecule has 0 aliphatic rings. The Kier molecular flexibility index (Phi) is 2.47. The predicted octanol–water partition coefficient (Wildman–Crippen LogP) is 1.09. The summed E-state index contributed by atoms with van der Waals surface area (Å²) in [6.07, 6.45) is 4.07. The molecule has 1 atom stereocenters. The molecule has 12 heavy (non-hydrogen) atoms. The van der Waals surface area contributed by atoms with Crippen molar-refractivity contribution in [1.29, 1.82) is 0 Å². The molecule has 4 heteroatoms. The van der Waals surface area contributed by atoms with E-state index in [-0.39, 0.29) is 0 Å². The molecule has 0 radical (unpaired) electrons. The first-order chi connectivity index (χ1) is 5.66. The number of carboxylic acid groups (broad SMARTS) is 1. The maximum Gasteiger partial charge on any atom is 0.326 e. The Labute approximate surface area is 70.9 Å². The van der Waals surface area contributed by atoms with E-state index in [1.807, 2.05) is 6.92 Å². The summed E-state index contributed by atoms with van der Waals surface area (Å²) in [5.74, 6) is -0.0207. The average Bonchev–Trinajstić information content (AvgIpc) is 2.49. The standard InChI is InChI=1S/C8H12N2O2/c1-3-7-9-4-5-10(7)6(2)8(11)12/h4-6H,3H2,1-2H3,(H,11,12)/t6-/m0/s1. The highest BCUT2D eigenvalue weighted by atomic mass is 16.4. The number of imidazole rings is 1. The summed E-state index contributed by atoms with van der Waals surface area (Å²) in [6, 6.07) is -0.526. The van der Waals surface area contributed by atoms with Gasteiger partial charge in [-0.25, -0.2) is 9.78 Å². The summed E-state index contributed by atoms with van der Waals surface area (Å²) >= 11 is 0. The quantitative estimate of drug-likeness (QED) is 0.735. The number of aromatic nitrogens is 2. The van der Waals surface area contributed by atoms with Crippen LogP contribution in [0.2, 0.25) is 0 Å². The van der Waals surface area contributed by atoms with Crippen molar-refractivity contribution >= 4 is 5.97 Å². The van der Waals surface area contributed by atoms with Crippen molar-refractivity contribution in [3.8, 4) is 0 Å². The second kappa shape index (κ2) is 3.38. The Morgan fingerprint density at radius 1 is 1.83 bits per heavy atom. The largest absolute Gasteiger partial charge is 0.480 e. The van der Waals surface area contributed by atoms with E-state index in [0.717, 1.165) is 12.2 Å². The third-order valence-corrected chi connectivity index (χ3v) is 1.84. The van der Waals surface area contributed by atoms with E-state index in [9.17, 15) is 4.79 Å². The molecule has 1 aromatic rings. The van der Waals surface area contributed by atoms with Gasteiger partial charge in [0.2, 0.25) is 0 Å². The molecule has 0 aromatic carbocycles. The molecule has 1 N–H and O–H groups in total. The van der Waals surface area contributed by atoms with Crippen LogP contribution >= 0.6 is 0 Å². The fourth-order valence-corrected chi connectivity index (χ4v) is 1.09. The third kappa shape index (κ3) is 1.47. The van der Waals surface area contributed by atoms with E-state index in [1.54, 1.807) is 23.9 Å². The van der Waals surface area contributed by atoms with E-state index in [0.29, 0.717) is 0 Å². The van der Waals surface area contributed by atoms with Crippen molar-refractivity contribution < 1.29 is 9.90 Å². The van der Waals surface area contributed by atoms with Crippen molar-refractivity contribution in [3.05, 3.63) is 18.2 Å². The van der Waals surface area contributed by atoms with Gasteiger partial charge in [0.25, 0.3) is 0 Å². The minimum absolute atomic E-state index is 0.526. The summed E-state index contributed by atoms with van der Waals surface area (Å²) in [4.78, 5) is 14.7. The van der Waals surface area contributed by atoms with Crippen LogP contribution in [0.25, 0.3) is 0 Å². The topological polar surface area (TPSA) is 55.1 Å². The molecule has 1 aromatic heterocycles. The van der Waals surface area contributed by atoms with Gasteiger partial charge in [0, 0.05) is 18.8 Å². The SMILES string of the molecule is CCc1nccn1[C@@H](C)C(=O)O. The van der Waals surface area contributed by atoms with Gasteiger partial charge in [-0.05, 0) is 6.92 Å². The number of carboxylic acids is 1. The molecule has 1 heterocycles. The van der Waals surface area contributed by atoms with E-state index in [1.165, 1.54) is 0 Å². The maximum absolute atomic E-state index is 10.6. The number of aliphatic carboxylic acids is 1. The molecule has 66 valence electrons. The van der Waals surface area contributed by atoms with Crippen molar-refractivity contribution in [3.63, 3.8) is 0 Å². The number of hydrogen-bond donors (Lipinski definition) is 1. The molecule has 0 fully saturated rings. The van der Waals surface area contributed by atoms with Crippen LogP contribution in [-0.2, 0) is 11.2 Å². The lowest BCUT2D eigenvalue weighted by Crippen LogP contribution is -2.16. The van der Waals surface area contributed by atoms with Gasteiger partial charge in [0.1, 0.15) is 11.9 Å². The molecule has 0 spiro atoms. The van der Waals surface area contributed by atoms with E-state index >= 15 is 0 Å². The van der Waals surface area contributed by atoms with Crippen LogP contribution < -0.4 is 0 Å². The number of nitrogens with zero attached hydrogens (tertiary/aromatic N) is 2. The third-order valence-electron chi connectivity index (χ3n) is 1.84. The smallest absolute Gasteiger partial charge is 0.326 e. The summed E-state index contributed by atoms with van der Waals surface area (Å²) in [6.45, 7) is 3.59. The minimum atomic E-state index is -0.831. The van der Waals surface area contributed by atoms with Gasteiger partial charge < -0.3 is 9.67 Å². The molecule has 0 amide bonds. The summed E-state index contributed by atoms with van der Waals surface area (Å²) in [5, 5.41) is 8.73. The molecule has 0 aliphatic carbocycles. The molecule has 0 unspecified atom stereocenters. The molecule has 0 bridgehead atoms. The van der Waals surface area contributed by atoms with Gasteiger partial charge in [-0.3, -0.25) is 0 Å². The van der Waals surface area contributed by atoms with Gasteiger partial charge in [-0.2, -0.15) is 0 Å². The van der Waals surface area contributed by atoms with Crippen molar-refractivity contribution in [2.24, 2.45) is 0 Å². The molecule has 0 aliphatic heterocycles. The van der Waals surface area contributed by atoms with Crippen LogP contribution in [0.4, 0.5) is 0 Å². The normalized spacial score (nSPS) is 12.8. The van der Waals surface area contributed by atoms with Crippen LogP contribution in [0.5, 0.6) is 0 Å². The van der Waals surface area contributed by atoms with Crippen molar-refractivity contribution in [1.82, 2.24) is 9.55 Å². The van der Waals surface area contributed by atoms with E-state index in [4.69, 9.17) is 5.11 Å². The zero-order valence-electron chi connectivity index (χ0n) is 7.19. The Morgan fingerprint density at radius 3 is 3.00 bits per heavy atom. The highest BCUT2D eigenvalue weighted by Crippen LogP contribution is 2.09. The Morgan fingerprint density at radius 2 is 2.50 bits per heavy atom. The molecule has 0 saturated carbocycles. The monoisotopic (exact) mass is 168 g/mol. The second-order valence-corrected chi connectivity index (χ2v) is 2.62. The molecule has 4 nitrogen and oxygen atoms in total. The second-order valence-electron chi connectivity index (χ2n) is 2.62. The zero-order valence-corrected chi connectivity index (χ0v) is 7.19. The van der Waals surface area contributed by atoms with Gasteiger partial charge in [0.05, 0.1) is 0 Å². The summed E-state index contributed by atoms with van der Waals surface area (Å²) < 4.78 is 1.67. The van der Waals surface area contributed by atoms with Crippen LogP contribution in [0.3, 0.4) is 0 Å². The van der Waals surface area contributed by atoms with Gasteiger partial charge in [-0.1, -0.05) is 6.92 Å².